The van der Waals surface area contributed by atoms with Gasteiger partial charge in [0.1, 0.15) is 23.0 Å². The van der Waals surface area contributed by atoms with Crippen molar-refractivity contribution < 1.29 is 28.9 Å². The fourth-order valence-electron chi connectivity index (χ4n) is 4.52. The maximum absolute atomic E-state index is 12.8. The quantitative estimate of drug-likeness (QED) is 0.139. The third-order valence-corrected chi connectivity index (χ3v) is 8.30. The molecule has 1 heterocycles. The number of aliphatic hydroxyl groups is 1. The van der Waals surface area contributed by atoms with Gasteiger partial charge in [0.25, 0.3) is 5.91 Å². The number of amides is 1. The van der Waals surface area contributed by atoms with Gasteiger partial charge in [0.05, 0.1) is 21.7 Å². The second kappa shape index (κ2) is 13.9. The van der Waals surface area contributed by atoms with Gasteiger partial charge in [0.15, 0.2) is 11.5 Å². The summed E-state index contributed by atoms with van der Waals surface area (Å²) < 4.78 is 18.2. The summed E-state index contributed by atoms with van der Waals surface area (Å²) in [6, 6.07) is 26.5. The smallest absolute Gasteiger partial charge is 0.344 e. The average molecular weight is 706 g/mol. The summed E-state index contributed by atoms with van der Waals surface area (Å²) >= 11 is 3.23. The zero-order chi connectivity index (χ0) is 30.3. The van der Waals surface area contributed by atoms with E-state index in [0.29, 0.717) is 40.7 Å². The Hall–Kier alpha value is -4.09. The largest absolute Gasteiger partial charge is 0.506 e. The number of aliphatic hydroxyl groups excluding tert-OH is 1. The van der Waals surface area contributed by atoms with E-state index in [1.165, 1.54) is 0 Å². The predicted molar refractivity (Wildman–Crippen MR) is 179 cm³/mol. The number of thioether (sulfide) groups is 1. The van der Waals surface area contributed by atoms with Crippen molar-refractivity contribution in [3.8, 4) is 11.5 Å². The molecule has 9 heteroatoms. The van der Waals surface area contributed by atoms with Crippen LogP contribution in [0.3, 0.4) is 0 Å². The van der Waals surface area contributed by atoms with Gasteiger partial charge in [-0.25, -0.2) is 9.79 Å². The van der Waals surface area contributed by atoms with Crippen LogP contribution in [0.2, 0.25) is 0 Å². The van der Waals surface area contributed by atoms with Gasteiger partial charge in [-0.1, -0.05) is 72.4 Å². The van der Waals surface area contributed by atoms with Crippen molar-refractivity contribution in [1.29, 1.82) is 0 Å². The summed E-state index contributed by atoms with van der Waals surface area (Å²) in [6.45, 7) is 4.45. The molecule has 0 saturated carbocycles. The van der Waals surface area contributed by atoms with Crippen LogP contribution in [0.25, 0.3) is 16.8 Å². The summed E-state index contributed by atoms with van der Waals surface area (Å²) in [7, 11) is 0. The molecule has 0 fully saturated rings. The molecule has 4 aromatic carbocycles. The number of hydrogen-bond acceptors (Lipinski definition) is 7. The Bertz CT molecular complexity index is 1780. The van der Waals surface area contributed by atoms with Crippen LogP contribution in [0.1, 0.15) is 35.3 Å². The molecule has 0 aliphatic carbocycles. The molecule has 218 valence electrons. The highest BCUT2D eigenvalue weighted by Crippen LogP contribution is 2.41. The van der Waals surface area contributed by atoms with Crippen LogP contribution in [0.4, 0.5) is 0 Å². The van der Waals surface area contributed by atoms with Gasteiger partial charge < -0.3 is 19.3 Å². The van der Waals surface area contributed by atoms with Crippen LogP contribution in [-0.2, 0) is 16.1 Å². The maximum atomic E-state index is 12.8. The number of rotatable bonds is 9. The van der Waals surface area contributed by atoms with Crippen LogP contribution < -0.4 is 9.47 Å². The standard InChI is InChI=1S/C34H28INO6S/c1-3-40-27-18-21(17-26(35)31(27)42-20-24-15-10-14-22-11-8-9-16-25(22)24)19-28-30(37)29(34(39)41-4-2)33(43-28)36-32(38)23-12-6-5-7-13-23/h5-19,37H,3-4,20H2,1-2H3/b28-19-,36-33?. The SMILES string of the molecule is CCOC(=O)C1=C(O)/C(=C/c2cc(I)c(OCc3cccc4ccccc34)c(OCC)c2)SC1=NC(=O)c1ccccc1. The van der Waals surface area contributed by atoms with Crippen LogP contribution in [-0.4, -0.2) is 35.2 Å². The molecule has 1 N–H and O–H groups in total. The number of carbonyl (C=O) groups is 2. The minimum absolute atomic E-state index is 0.0748. The van der Waals surface area contributed by atoms with Gasteiger partial charge in [-0.2, -0.15) is 0 Å². The second-order valence-electron chi connectivity index (χ2n) is 9.33. The molecule has 0 aromatic heterocycles. The van der Waals surface area contributed by atoms with Crippen molar-refractivity contribution >= 4 is 68.1 Å². The molecule has 5 rings (SSSR count). The van der Waals surface area contributed by atoms with E-state index >= 15 is 0 Å². The van der Waals surface area contributed by atoms with E-state index in [1.807, 2.05) is 43.3 Å². The molecule has 0 saturated heterocycles. The highest BCUT2D eigenvalue weighted by atomic mass is 127. The summed E-state index contributed by atoms with van der Waals surface area (Å²) in [6.07, 6.45) is 1.72. The molecular weight excluding hydrogens is 677 g/mol. The second-order valence-corrected chi connectivity index (χ2v) is 11.5. The Morgan fingerprint density at radius 1 is 0.930 bits per heavy atom. The first kappa shape index (κ1) is 30.4. The molecule has 1 aliphatic rings. The van der Waals surface area contributed by atoms with Gasteiger partial charge in [-0.05, 0) is 88.7 Å². The average Bonchev–Trinajstić information content (AvgIpc) is 3.31. The number of carbonyl (C=O) groups excluding carboxylic acids is 2. The summed E-state index contributed by atoms with van der Waals surface area (Å²) in [5.74, 6) is -0.421. The van der Waals surface area contributed by atoms with Crippen molar-refractivity contribution in [2.45, 2.75) is 20.5 Å². The van der Waals surface area contributed by atoms with Crippen molar-refractivity contribution in [3.63, 3.8) is 0 Å². The first-order valence-corrected chi connectivity index (χ1v) is 15.5. The molecule has 1 aliphatic heterocycles. The number of hydrogen-bond donors (Lipinski definition) is 1. The lowest BCUT2D eigenvalue weighted by Crippen LogP contribution is -2.14. The van der Waals surface area contributed by atoms with Crippen LogP contribution in [0.5, 0.6) is 11.5 Å². The highest BCUT2D eigenvalue weighted by molar-refractivity contribution is 14.1. The third kappa shape index (κ3) is 6.94. The summed E-state index contributed by atoms with van der Waals surface area (Å²) in [5.41, 5.74) is 1.99. The van der Waals surface area contributed by atoms with Crippen molar-refractivity contribution in [3.05, 3.63) is 121 Å². The zero-order valence-corrected chi connectivity index (χ0v) is 26.5. The maximum Gasteiger partial charge on any atom is 0.344 e. The molecule has 1 amide bonds. The molecule has 0 spiro atoms. The van der Waals surface area contributed by atoms with Crippen molar-refractivity contribution in [2.75, 3.05) is 13.2 Å². The normalized spacial score (nSPS) is 14.9. The minimum atomic E-state index is -0.753. The predicted octanol–water partition coefficient (Wildman–Crippen LogP) is 8.12. The molecule has 0 bridgehead atoms. The van der Waals surface area contributed by atoms with Gasteiger partial charge >= 0.3 is 5.97 Å². The van der Waals surface area contributed by atoms with Gasteiger partial charge in [0, 0.05) is 5.56 Å². The molecule has 7 nitrogen and oxygen atoms in total. The molecule has 0 radical (unpaired) electrons. The van der Waals surface area contributed by atoms with Gasteiger partial charge in [0.2, 0.25) is 0 Å². The van der Waals surface area contributed by atoms with Crippen LogP contribution in [0.15, 0.2) is 106 Å². The van der Waals surface area contributed by atoms with E-state index in [-0.39, 0.29) is 23.0 Å². The Kier molecular flexibility index (Phi) is 9.83. The summed E-state index contributed by atoms with van der Waals surface area (Å²) in [4.78, 5) is 30.1. The number of halogens is 1. The monoisotopic (exact) mass is 705 g/mol. The Balaban J connectivity index is 1.47. The minimum Gasteiger partial charge on any atom is -0.506 e. The van der Waals surface area contributed by atoms with Crippen LogP contribution in [0, 0.1) is 3.57 Å². The third-order valence-electron chi connectivity index (χ3n) is 6.48. The molecular formula is C34H28INO6S. The first-order valence-electron chi connectivity index (χ1n) is 13.6. The number of fused-ring (bicyclic) bond motifs is 1. The Labute approximate surface area is 267 Å². The molecule has 0 atom stereocenters. The Morgan fingerprint density at radius 3 is 2.44 bits per heavy atom. The highest BCUT2D eigenvalue weighted by Gasteiger charge is 2.34. The number of esters is 1. The van der Waals surface area contributed by atoms with Crippen molar-refractivity contribution in [2.24, 2.45) is 4.99 Å². The van der Waals surface area contributed by atoms with Crippen LogP contribution >= 0.6 is 34.4 Å². The summed E-state index contributed by atoms with van der Waals surface area (Å²) in [5, 5.41) is 13.4. The molecule has 43 heavy (non-hydrogen) atoms. The van der Waals surface area contributed by atoms with E-state index in [9.17, 15) is 14.7 Å². The topological polar surface area (TPSA) is 94.4 Å². The van der Waals surface area contributed by atoms with E-state index in [0.717, 1.165) is 31.7 Å². The fraction of sp³-hybridized carbons (Fsp3) is 0.147. The van der Waals surface area contributed by atoms with E-state index < -0.39 is 11.9 Å². The Morgan fingerprint density at radius 2 is 1.67 bits per heavy atom. The van der Waals surface area contributed by atoms with Gasteiger partial charge in [-0.15, -0.1) is 0 Å². The molecule has 0 unspecified atom stereocenters. The number of benzene rings is 4. The number of aliphatic imine (C=N–C) groups is 1. The zero-order valence-electron chi connectivity index (χ0n) is 23.5. The fourth-order valence-corrected chi connectivity index (χ4v) is 6.32. The van der Waals surface area contributed by atoms with E-state index in [1.54, 1.807) is 43.3 Å². The van der Waals surface area contributed by atoms with E-state index in [4.69, 9.17) is 14.2 Å². The number of ether oxygens (including phenoxy) is 3. The lowest BCUT2D eigenvalue weighted by atomic mass is 10.1. The molecule has 4 aromatic rings. The number of nitrogens with zero attached hydrogens (tertiary/aromatic N) is 1. The lowest BCUT2D eigenvalue weighted by Gasteiger charge is -2.16. The van der Waals surface area contributed by atoms with Crippen molar-refractivity contribution in [1.82, 2.24) is 0 Å². The van der Waals surface area contributed by atoms with Gasteiger partial charge in [-0.3, -0.25) is 4.79 Å². The van der Waals surface area contributed by atoms with E-state index in [2.05, 4.69) is 45.8 Å². The first-order chi connectivity index (χ1) is 20.9. The lowest BCUT2D eigenvalue weighted by molar-refractivity contribution is -0.138.